The van der Waals surface area contributed by atoms with Crippen molar-refractivity contribution in [2.75, 3.05) is 0 Å². The highest BCUT2D eigenvalue weighted by Crippen LogP contribution is 2.26. The standard InChI is InChI=1S/C24H23NO3/c1-16(2)20-15-21(17(3)14-22(20)26)25-28-24(27)23(18-10-6-4-7-11-18)19-12-8-5-9-13-19/h4-16,23H,1-3H3. The lowest BCUT2D eigenvalue weighted by Gasteiger charge is -2.17. The SMILES string of the molecule is CC1=CC(=O)C(C(C)C)=CC1=NOC(=O)C(c1ccccc1)c1ccccc1. The number of rotatable bonds is 5. The Morgan fingerprint density at radius 2 is 1.43 bits per heavy atom. The molecule has 142 valence electrons. The molecule has 0 bridgehead atoms. The Morgan fingerprint density at radius 1 is 0.893 bits per heavy atom. The van der Waals surface area contributed by atoms with E-state index in [1.54, 1.807) is 13.0 Å². The highest BCUT2D eigenvalue weighted by atomic mass is 16.7. The van der Waals surface area contributed by atoms with Gasteiger partial charge in [-0.15, -0.1) is 0 Å². The smallest absolute Gasteiger partial charge is 0.317 e. The normalized spacial score (nSPS) is 15.6. The first-order valence-electron chi connectivity index (χ1n) is 9.30. The molecule has 0 aromatic heterocycles. The van der Waals surface area contributed by atoms with E-state index >= 15 is 0 Å². The molecule has 28 heavy (non-hydrogen) atoms. The molecule has 2 aromatic carbocycles. The molecule has 0 radical (unpaired) electrons. The van der Waals surface area contributed by atoms with E-state index in [0.717, 1.165) is 11.1 Å². The minimum absolute atomic E-state index is 0.0239. The maximum Gasteiger partial charge on any atom is 0.346 e. The van der Waals surface area contributed by atoms with E-state index in [-0.39, 0.29) is 11.7 Å². The molecular weight excluding hydrogens is 350 g/mol. The van der Waals surface area contributed by atoms with Crippen LogP contribution < -0.4 is 0 Å². The van der Waals surface area contributed by atoms with Crippen molar-refractivity contribution in [2.24, 2.45) is 11.1 Å². The van der Waals surface area contributed by atoms with Gasteiger partial charge in [-0.05, 0) is 41.7 Å². The number of carbonyl (C=O) groups excluding carboxylic acids is 2. The van der Waals surface area contributed by atoms with Gasteiger partial charge in [-0.2, -0.15) is 0 Å². The van der Waals surface area contributed by atoms with Crippen molar-refractivity contribution in [2.45, 2.75) is 26.7 Å². The van der Waals surface area contributed by atoms with Crippen LogP contribution >= 0.6 is 0 Å². The van der Waals surface area contributed by atoms with Crippen LogP contribution in [0.5, 0.6) is 0 Å². The molecule has 0 aliphatic heterocycles. The number of benzene rings is 2. The Bertz CT molecular complexity index is 914. The Balaban J connectivity index is 1.90. The van der Waals surface area contributed by atoms with E-state index in [0.29, 0.717) is 16.9 Å². The lowest BCUT2D eigenvalue weighted by Crippen LogP contribution is -2.18. The molecule has 0 saturated heterocycles. The van der Waals surface area contributed by atoms with Gasteiger partial charge >= 0.3 is 5.97 Å². The third kappa shape index (κ3) is 4.34. The minimum Gasteiger partial charge on any atom is -0.317 e. The highest BCUT2D eigenvalue weighted by Gasteiger charge is 2.25. The second kappa shape index (κ2) is 8.61. The van der Waals surface area contributed by atoms with Gasteiger partial charge in [0.2, 0.25) is 0 Å². The van der Waals surface area contributed by atoms with E-state index in [2.05, 4.69) is 5.16 Å². The largest absolute Gasteiger partial charge is 0.346 e. The summed E-state index contributed by atoms with van der Waals surface area (Å²) in [6, 6.07) is 19.0. The molecule has 0 unspecified atom stereocenters. The van der Waals surface area contributed by atoms with Gasteiger partial charge in [0.05, 0.1) is 0 Å². The minimum atomic E-state index is -0.574. The average Bonchev–Trinajstić information content (AvgIpc) is 2.69. The zero-order chi connectivity index (χ0) is 20.1. The maximum absolute atomic E-state index is 12.9. The van der Waals surface area contributed by atoms with Gasteiger partial charge in [0.25, 0.3) is 0 Å². The summed E-state index contributed by atoms with van der Waals surface area (Å²) < 4.78 is 0. The molecule has 1 aliphatic rings. The number of carbonyl (C=O) groups is 2. The lowest BCUT2D eigenvalue weighted by molar-refractivity contribution is -0.144. The molecule has 4 heteroatoms. The van der Waals surface area contributed by atoms with Gasteiger partial charge in [-0.3, -0.25) is 4.79 Å². The van der Waals surface area contributed by atoms with Crippen molar-refractivity contribution in [3.63, 3.8) is 0 Å². The topological polar surface area (TPSA) is 55.7 Å². The summed E-state index contributed by atoms with van der Waals surface area (Å²) in [6.45, 7) is 5.68. The fourth-order valence-corrected chi connectivity index (χ4v) is 3.14. The van der Waals surface area contributed by atoms with Crippen molar-refractivity contribution in [1.82, 2.24) is 0 Å². The summed E-state index contributed by atoms with van der Waals surface area (Å²) in [7, 11) is 0. The first kappa shape index (κ1) is 19.5. The van der Waals surface area contributed by atoms with E-state index in [1.165, 1.54) is 6.08 Å². The van der Waals surface area contributed by atoms with Crippen LogP contribution in [0.2, 0.25) is 0 Å². The molecule has 1 aliphatic carbocycles. The molecule has 0 heterocycles. The number of hydrogen-bond acceptors (Lipinski definition) is 4. The monoisotopic (exact) mass is 373 g/mol. The van der Waals surface area contributed by atoms with Crippen LogP contribution in [0.4, 0.5) is 0 Å². The van der Waals surface area contributed by atoms with Gasteiger partial charge in [-0.25, -0.2) is 4.79 Å². The molecule has 0 amide bonds. The Morgan fingerprint density at radius 3 is 1.93 bits per heavy atom. The molecule has 3 rings (SSSR count). The van der Waals surface area contributed by atoms with Crippen LogP contribution in [0.15, 0.2) is 89.1 Å². The zero-order valence-electron chi connectivity index (χ0n) is 16.3. The predicted octanol–water partition coefficient (Wildman–Crippen LogP) is 4.83. The van der Waals surface area contributed by atoms with Crippen molar-refractivity contribution in [3.8, 4) is 0 Å². The second-order valence-electron chi connectivity index (χ2n) is 7.09. The number of allylic oxidation sites excluding steroid dienone is 4. The fourth-order valence-electron chi connectivity index (χ4n) is 3.14. The Hall–Kier alpha value is -3.27. The van der Waals surface area contributed by atoms with Gasteiger partial charge in [-0.1, -0.05) is 79.7 Å². The summed E-state index contributed by atoms with van der Waals surface area (Å²) in [5.74, 6) is -0.993. The summed E-state index contributed by atoms with van der Waals surface area (Å²) >= 11 is 0. The maximum atomic E-state index is 12.9. The van der Waals surface area contributed by atoms with Crippen LogP contribution in [-0.4, -0.2) is 17.5 Å². The third-order valence-electron chi connectivity index (χ3n) is 4.69. The van der Waals surface area contributed by atoms with E-state index in [1.807, 2.05) is 74.5 Å². The molecule has 0 spiro atoms. The Labute approximate surface area is 165 Å². The quantitative estimate of drug-likeness (QED) is 0.428. The van der Waals surface area contributed by atoms with Gasteiger partial charge in [0.1, 0.15) is 11.6 Å². The van der Waals surface area contributed by atoms with Crippen molar-refractivity contribution in [3.05, 3.63) is 95.1 Å². The number of ketones is 1. The first-order chi connectivity index (χ1) is 13.5. The number of nitrogens with zero attached hydrogens (tertiary/aromatic N) is 1. The van der Waals surface area contributed by atoms with E-state index < -0.39 is 11.9 Å². The molecular formula is C24H23NO3. The predicted molar refractivity (Wildman–Crippen MR) is 110 cm³/mol. The second-order valence-corrected chi connectivity index (χ2v) is 7.09. The van der Waals surface area contributed by atoms with Crippen molar-refractivity contribution < 1.29 is 14.4 Å². The average molecular weight is 373 g/mol. The molecule has 0 N–H and O–H groups in total. The van der Waals surface area contributed by atoms with Gasteiger partial charge in [0, 0.05) is 5.57 Å². The van der Waals surface area contributed by atoms with Crippen molar-refractivity contribution >= 4 is 17.5 Å². The van der Waals surface area contributed by atoms with E-state index in [4.69, 9.17) is 4.84 Å². The van der Waals surface area contributed by atoms with Crippen LogP contribution in [0.3, 0.4) is 0 Å². The van der Waals surface area contributed by atoms with Crippen LogP contribution in [0, 0.1) is 5.92 Å². The molecule has 0 saturated carbocycles. The highest BCUT2D eigenvalue weighted by molar-refractivity contribution is 6.21. The first-order valence-corrected chi connectivity index (χ1v) is 9.30. The van der Waals surface area contributed by atoms with E-state index in [9.17, 15) is 9.59 Å². The third-order valence-corrected chi connectivity index (χ3v) is 4.69. The number of oxime groups is 1. The van der Waals surface area contributed by atoms with Gasteiger partial charge in [0.15, 0.2) is 5.78 Å². The summed E-state index contributed by atoms with van der Waals surface area (Å²) in [6.07, 6.45) is 3.24. The molecule has 0 fully saturated rings. The van der Waals surface area contributed by atoms with Crippen molar-refractivity contribution in [1.29, 1.82) is 0 Å². The Kier molecular flexibility index (Phi) is 5.99. The zero-order valence-corrected chi connectivity index (χ0v) is 16.3. The van der Waals surface area contributed by atoms with Gasteiger partial charge < -0.3 is 4.84 Å². The van der Waals surface area contributed by atoms with Crippen LogP contribution in [0.25, 0.3) is 0 Å². The summed E-state index contributed by atoms with van der Waals surface area (Å²) in [4.78, 5) is 30.4. The van der Waals surface area contributed by atoms with Crippen LogP contribution in [-0.2, 0) is 14.4 Å². The molecule has 4 nitrogen and oxygen atoms in total. The summed E-state index contributed by atoms with van der Waals surface area (Å²) in [5.41, 5.74) is 3.50. The lowest BCUT2D eigenvalue weighted by atomic mass is 9.90. The fraction of sp³-hybridized carbons (Fsp3) is 0.208. The molecule has 0 atom stereocenters. The van der Waals surface area contributed by atoms with Crippen LogP contribution in [0.1, 0.15) is 37.8 Å². The molecule has 2 aromatic rings. The number of hydrogen-bond donors (Lipinski definition) is 0. The summed E-state index contributed by atoms with van der Waals surface area (Å²) in [5, 5.41) is 4.07.